The van der Waals surface area contributed by atoms with Gasteiger partial charge in [0.05, 0.1) is 6.21 Å². The first kappa shape index (κ1) is 24.0. The molecule has 2 N–H and O–H groups in total. The van der Waals surface area contributed by atoms with Crippen LogP contribution in [0.2, 0.25) is 0 Å². The summed E-state index contributed by atoms with van der Waals surface area (Å²) >= 11 is 3.21. The second-order valence-corrected chi connectivity index (χ2v) is 7.76. The van der Waals surface area contributed by atoms with Gasteiger partial charge in [0.15, 0.2) is 4.67 Å². The molecule has 0 saturated carbocycles. The lowest BCUT2D eigenvalue weighted by Gasteiger charge is -2.20. The highest BCUT2D eigenvalue weighted by Gasteiger charge is 2.14. The van der Waals surface area contributed by atoms with E-state index in [-0.39, 0.29) is 5.70 Å². The Balaban J connectivity index is 1.81. The Morgan fingerprint density at radius 1 is 1.00 bits per heavy atom. The third-order valence-electron chi connectivity index (χ3n) is 4.81. The van der Waals surface area contributed by atoms with Crippen LogP contribution >= 0.6 is 15.9 Å². The summed E-state index contributed by atoms with van der Waals surface area (Å²) in [6.07, 6.45) is 2.99. The van der Waals surface area contributed by atoms with Crippen molar-refractivity contribution in [1.82, 2.24) is 10.7 Å². The van der Waals surface area contributed by atoms with Crippen LogP contribution in [-0.4, -0.2) is 31.1 Å². The number of rotatable bonds is 9. The molecule has 0 bridgehead atoms. The lowest BCUT2D eigenvalue weighted by molar-refractivity contribution is -0.117. The average molecular weight is 509 g/mol. The van der Waals surface area contributed by atoms with Gasteiger partial charge < -0.3 is 14.6 Å². The van der Waals surface area contributed by atoms with Crippen molar-refractivity contribution in [3.05, 3.63) is 94.0 Å². The molecule has 0 atom stereocenters. The molecule has 7 nitrogen and oxygen atoms in total. The first-order valence-electron chi connectivity index (χ1n) is 10.5. The third kappa shape index (κ3) is 6.92. The average Bonchev–Trinajstić information content (AvgIpc) is 3.25. The van der Waals surface area contributed by atoms with Gasteiger partial charge in [-0.3, -0.25) is 9.59 Å². The van der Waals surface area contributed by atoms with Crippen LogP contribution in [0.4, 0.5) is 5.69 Å². The van der Waals surface area contributed by atoms with Crippen molar-refractivity contribution in [2.45, 2.75) is 13.8 Å². The molecule has 0 unspecified atom stereocenters. The summed E-state index contributed by atoms with van der Waals surface area (Å²) in [4.78, 5) is 27.7. The van der Waals surface area contributed by atoms with Crippen LogP contribution in [0.25, 0.3) is 6.08 Å². The predicted molar refractivity (Wildman–Crippen MR) is 134 cm³/mol. The van der Waals surface area contributed by atoms with Gasteiger partial charge in [-0.2, -0.15) is 5.10 Å². The van der Waals surface area contributed by atoms with E-state index in [1.807, 2.05) is 30.3 Å². The largest absolute Gasteiger partial charge is 0.448 e. The Morgan fingerprint density at radius 3 is 2.30 bits per heavy atom. The Morgan fingerprint density at radius 2 is 1.70 bits per heavy atom. The number of nitrogens with one attached hydrogen (secondary N) is 2. The van der Waals surface area contributed by atoms with Crippen molar-refractivity contribution in [3.63, 3.8) is 0 Å². The summed E-state index contributed by atoms with van der Waals surface area (Å²) in [6.45, 7) is 6.00. The number of carbonyl (C=O) groups excluding carboxylic acids is 2. The Bertz CT molecular complexity index is 1130. The summed E-state index contributed by atoms with van der Waals surface area (Å²) in [5.41, 5.74) is 4.79. The zero-order valence-electron chi connectivity index (χ0n) is 18.4. The van der Waals surface area contributed by atoms with E-state index in [1.165, 1.54) is 6.21 Å². The molecular weight excluding hydrogens is 484 g/mol. The molecule has 33 heavy (non-hydrogen) atoms. The summed E-state index contributed by atoms with van der Waals surface area (Å²) in [5, 5.41) is 6.61. The number of carbonyl (C=O) groups is 2. The smallest absolute Gasteiger partial charge is 0.287 e. The van der Waals surface area contributed by atoms with E-state index >= 15 is 0 Å². The van der Waals surface area contributed by atoms with Gasteiger partial charge in [0.2, 0.25) is 0 Å². The molecule has 3 rings (SSSR count). The molecule has 0 aliphatic heterocycles. The molecule has 0 aliphatic carbocycles. The SMILES string of the molecule is CCN(CC)c1ccc(/C=C(/NC(=O)c2ccccc2)C(=O)N/N=C/c2ccc(Br)o2)cc1. The molecule has 0 spiro atoms. The molecule has 0 saturated heterocycles. The highest BCUT2D eigenvalue weighted by Crippen LogP contribution is 2.17. The van der Waals surface area contributed by atoms with Crippen molar-refractivity contribution in [2.24, 2.45) is 5.10 Å². The number of amides is 2. The van der Waals surface area contributed by atoms with Crippen LogP contribution < -0.4 is 15.6 Å². The minimum absolute atomic E-state index is 0.0669. The Hall–Kier alpha value is -3.65. The third-order valence-corrected chi connectivity index (χ3v) is 5.24. The van der Waals surface area contributed by atoms with Crippen molar-refractivity contribution in [3.8, 4) is 0 Å². The van der Waals surface area contributed by atoms with Gasteiger partial charge in [0.1, 0.15) is 11.5 Å². The summed E-state index contributed by atoms with van der Waals surface area (Å²) < 4.78 is 5.88. The molecule has 1 heterocycles. The molecule has 2 amide bonds. The molecule has 3 aromatic rings. The zero-order chi connectivity index (χ0) is 23.6. The fourth-order valence-corrected chi connectivity index (χ4v) is 3.41. The maximum Gasteiger partial charge on any atom is 0.287 e. The number of halogens is 1. The van der Waals surface area contributed by atoms with E-state index in [9.17, 15) is 9.59 Å². The van der Waals surface area contributed by atoms with E-state index in [0.717, 1.165) is 24.3 Å². The fraction of sp³-hybridized carbons (Fsp3) is 0.160. The lowest BCUT2D eigenvalue weighted by atomic mass is 10.1. The number of hydrogen-bond acceptors (Lipinski definition) is 5. The fourth-order valence-electron chi connectivity index (χ4n) is 3.09. The van der Waals surface area contributed by atoms with Gasteiger partial charge in [-0.05, 0) is 77.8 Å². The molecule has 170 valence electrons. The number of nitrogens with zero attached hydrogens (tertiary/aromatic N) is 2. The number of hydrogen-bond donors (Lipinski definition) is 2. The standard InChI is InChI=1S/C25H25BrN4O3/c1-3-30(4-2)20-12-10-18(11-13-20)16-22(28-24(31)19-8-6-5-7-9-19)25(32)29-27-17-21-14-15-23(26)33-21/h5-17H,3-4H2,1-2H3,(H,28,31)(H,29,32)/b22-16+,27-17+. The zero-order valence-corrected chi connectivity index (χ0v) is 20.0. The summed E-state index contributed by atoms with van der Waals surface area (Å²) in [7, 11) is 0. The minimum atomic E-state index is -0.561. The molecule has 2 aromatic carbocycles. The van der Waals surface area contributed by atoms with E-state index < -0.39 is 11.8 Å². The number of anilines is 1. The van der Waals surface area contributed by atoms with Crippen LogP contribution in [0.5, 0.6) is 0 Å². The van der Waals surface area contributed by atoms with E-state index in [0.29, 0.717) is 16.0 Å². The Kier molecular flexibility index (Phi) is 8.60. The van der Waals surface area contributed by atoms with E-state index in [4.69, 9.17) is 4.42 Å². The number of furan rings is 1. The summed E-state index contributed by atoms with van der Waals surface area (Å²) in [5.74, 6) is -0.488. The Labute approximate surface area is 201 Å². The number of hydrazone groups is 1. The molecule has 0 fully saturated rings. The van der Waals surface area contributed by atoms with Gasteiger partial charge in [0.25, 0.3) is 11.8 Å². The quantitative estimate of drug-likeness (QED) is 0.246. The molecule has 0 aliphatic rings. The topological polar surface area (TPSA) is 86.9 Å². The molecule has 0 radical (unpaired) electrons. The van der Waals surface area contributed by atoms with Crippen molar-refractivity contribution >= 4 is 45.7 Å². The van der Waals surface area contributed by atoms with E-state index in [1.54, 1.807) is 42.5 Å². The maximum absolute atomic E-state index is 12.8. The van der Waals surface area contributed by atoms with Crippen molar-refractivity contribution in [1.29, 1.82) is 0 Å². The lowest BCUT2D eigenvalue weighted by Crippen LogP contribution is -2.32. The first-order chi connectivity index (χ1) is 16.0. The van der Waals surface area contributed by atoms with Crippen LogP contribution in [-0.2, 0) is 4.79 Å². The van der Waals surface area contributed by atoms with Crippen molar-refractivity contribution < 1.29 is 14.0 Å². The molecule has 8 heteroatoms. The maximum atomic E-state index is 12.8. The van der Waals surface area contributed by atoms with Gasteiger partial charge in [-0.15, -0.1) is 0 Å². The monoisotopic (exact) mass is 508 g/mol. The van der Waals surface area contributed by atoms with Crippen LogP contribution in [0.3, 0.4) is 0 Å². The molecular formula is C25H25BrN4O3. The van der Waals surface area contributed by atoms with Gasteiger partial charge in [0, 0.05) is 24.3 Å². The number of benzene rings is 2. The summed E-state index contributed by atoms with van der Waals surface area (Å²) in [6, 6.07) is 19.9. The van der Waals surface area contributed by atoms with Crippen LogP contribution in [0.1, 0.15) is 35.5 Å². The highest BCUT2D eigenvalue weighted by molar-refractivity contribution is 9.10. The van der Waals surface area contributed by atoms with Crippen LogP contribution in [0.15, 0.2) is 86.6 Å². The molecule has 1 aromatic heterocycles. The van der Waals surface area contributed by atoms with Crippen LogP contribution in [0, 0.1) is 0 Å². The predicted octanol–water partition coefficient (Wildman–Crippen LogP) is 4.81. The highest BCUT2D eigenvalue weighted by atomic mass is 79.9. The van der Waals surface area contributed by atoms with Gasteiger partial charge in [-0.25, -0.2) is 5.43 Å². The first-order valence-corrected chi connectivity index (χ1v) is 11.3. The second kappa shape index (κ2) is 11.8. The second-order valence-electron chi connectivity index (χ2n) is 6.98. The van der Waals surface area contributed by atoms with Gasteiger partial charge >= 0.3 is 0 Å². The van der Waals surface area contributed by atoms with E-state index in [2.05, 4.69) is 50.5 Å². The normalized spacial score (nSPS) is 11.4. The van der Waals surface area contributed by atoms with Crippen molar-refractivity contribution in [2.75, 3.05) is 18.0 Å². The van der Waals surface area contributed by atoms with Gasteiger partial charge in [-0.1, -0.05) is 30.3 Å². The minimum Gasteiger partial charge on any atom is -0.448 e.